The molecule has 1 heterocycles. The first-order chi connectivity index (χ1) is 20.1. The number of aromatic nitrogens is 2. The van der Waals surface area contributed by atoms with E-state index < -0.39 is 17.6 Å². The Kier molecular flexibility index (Phi) is 7.47. The van der Waals surface area contributed by atoms with Crippen molar-refractivity contribution in [2.24, 2.45) is 0 Å². The highest BCUT2D eigenvalue weighted by Gasteiger charge is 2.43. The predicted octanol–water partition coefficient (Wildman–Crippen LogP) is 7.72. The number of anilines is 1. The molecule has 1 spiro atoms. The van der Waals surface area contributed by atoms with E-state index in [0.717, 1.165) is 79.1 Å². The SMILES string of the molecule is Cc1cccc(-n2c(SCC(=O)Nc3cccc(C(F)(F)F)c3)nc3c(c2=O)C2(CCCCC2)Cc2ccccc2-3)c1. The molecule has 9 heteroatoms. The van der Waals surface area contributed by atoms with Crippen LogP contribution in [0.3, 0.4) is 0 Å². The van der Waals surface area contributed by atoms with Crippen molar-refractivity contribution in [2.45, 2.75) is 62.2 Å². The first kappa shape index (κ1) is 28.3. The van der Waals surface area contributed by atoms with Gasteiger partial charge in [-0.25, -0.2) is 4.98 Å². The third-order valence-corrected chi connectivity index (χ3v) is 9.20. The van der Waals surface area contributed by atoms with Gasteiger partial charge in [0, 0.05) is 16.7 Å². The van der Waals surface area contributed by atoms with Gasteiger partial charge in [-0.15, -0.1) is 0 Å². The van der Waals surface area contributed by atoms with Gasteiger partial charge in [-0.2, -0.15) is 13.2 Å². The number of carbonyl (C=O) groups excluding carboxylic acids is 1. The van der Waals surface area contributed by atoms with Crippen LogP contribution in [0, 0.1) is 6.92 Å². The lowest BCUT2D eigenvalue weighted by atomic mass is 9.62. The average Bonchev–Trinajstić information content (AvgIpc) is 2.96. The fourth-order valence-corrected chi connectivity index (χ4v) is 7.19. The maximum Gasteiger partial charge on any atom is 0.416 e. The number of thioether (sulfide) groups is 1. The van der Waals surface area contributed by atoms with Crippen LogP contribution < -0.4 is 10.9 Å². The van der Waals surface area contributed by atoms with Gasteiger partial charge in [-0.1, -0.05) is 73.5 Å². The monoisotopic (exact) mass is 589 g/mol. The molecule has 1 N–H and O–H groups in total. The van der Waals surface area contributed by atoms with Crippen molar-refractivity contribution in [3.05, 3.63) is 105 Å². The molecule has 0 bridgehead atoms. The zero-order valence-corrected chi connectivity index (χ0v) is 23.9. The van der Waals surface area contributed by atoms with Gasteiger partial charge in [-0.3, -0.25) is 14.2 Å². The van der Waals surface area contributed by atoms with Crippen molar-refractivity contribution in [2.75, 3.05) is 11.1 Å². The van der Waals surface area contributed by atoms with E-state index in [-0.39, 0.29) is 22.4 Å². The number of nitrogens with zero attached hydrogens (tertiary/aromatic N) is 2. The lowest BCUT2D eigenvalue weighted by Gasteiger charge is -2.42. The molecule has 3 aromatic carbocycles. The number of hydrogen-bond acceptors (Lipinski definition) is 4. The predicted molar refractivity (Wildman–Crippen MR) is 159 cm³/mol. The van der Waals surface area contributed by atoms with E-state index >= 15 is 0 Å². The maximum atomic E-state index is 14.6. The summed E-state index contributed by atoms with van der Waals surface area (Å²) < 4.78 is 41.1. The molecule has 0 radical (unpaired) electrons. The highest BCUT2D eigenvalue weighted by atomic mass is 32.2. The van der Waals surface area contributed by atoms with Gasteiger partial charge < -0.3 is 5.32 Å². The van der Waals surface area contributed by atoms with Gasteiger partial charge >= 0.3 is 6.18 Å². The number of benzene rings is 3. The minimum atomic E-state index is -4.52. The number of fused-ring (bicyclic) bond motifs is 4. The Hall–Kier alpha value is -3.85. The van der Waals surface area contributed by atoms with E-state index in [2.05, 4.69) is 11.4 Å². The first-order valence-electron chi connectivity index (χ1n) is 14.1. The molecule has 0 atom stereocenters. The third kappa shape index (κ3) is 5.38. The quantitative estimate of drug-likeness (QED) is 0.191. The molecule has 2 aliphatic carbocycles. The van der Waals surface area contributed by atoms with Crippen molar-refractivity contribution in [3.63, 3.8) is 0 Å². The van der Waals surface area contributed by atoms with E-state index in [1.165, 1.54) is 17.7 Å². The number of nitrogens with one attached hydrogen (secondary N) is 1. The molecule has 4 aromatic rings. The van der Waals surface area contributed by atoms with Gasteiger partial charge in [0.2, 0.25) is 5.91 Å². The van der Waals surface area contributed by atoms with E-state index in [0.29, 0.717) is 16.5 Å². The normalized spacial score (nSPS) is 15.6. The second kappa shape index (κ2) is 11.1. The third-order valence-electron chi connectivity index (χ3n) is 8.26. The molecule has 42 heavy (non-hydrogen) atoms. The molecule has 1 saturated carbocycles. The molecule has 1 fully saturated rings. The Morgan fingerprint density at radius 2 is 1.76 bits per heavy atom. The van der Waals surface area contributed by atoms with E-state index in [4.69, 9.17) is 4.98 Å². The van der Waals surface area contributed by atoms with Crippen molar-refractivity contribution < 1.29 is 18.0 Å². The van der Waals surface area contributed by atoms with E-state index in [1.807, 2.05) is 49.4 Å². The van der Waals surface area contributed by atoms with Gasteiger partial charge in [0.05, 0.1) is 28.3 Å². The van der Waals surface area contributed by atoms with E-state index in [9.17, 15) is 22.8 Å². The fourth-order valence-electron chi connectivity index (χ4n) is 6.38. The summed E-state index contributed by atoms with van der Waals surface area (Å²) in [7, 11) is 0. The summed E-state index contributed by atoms with van der Waals surface area (Å²) in [6.45, 7) is 1.95. The zero-order valence-electron chi connectivity index (χ0n) is 23.1. The zero-order chi connectivity index (χ0) is 29.5. The summed E-state index contributed by atoms with van der Waals surface area (Å²) >= 11 is 1.10. The lowest BCUT2D eigenvalue weighted by Crippen LogP contribution is -2.43. The van der Waals surface area contributed by atoms with Crippen LogP contribution in [0.1, 0.15) is 54.4 Å². The number of aryl methyl sites for hydroxylation is 1. The second-order valence-electron chi connectivity index (χ2n) is 11.2. The lowest BCUT2D eigenvalue weighted by molar-refractivity contribution is -0.137. The highest BCUT2D eigenvalue weighted by molar-refractivity contribution is 7.99. The first-order valence-corrected chi connectivity index (χ1v) is 15.1. The van der Waals surface area contributed by atoms with Gasteiger partial charge in [0.15, 0.2) is 5.16 Å². The molecule has 0 unspecified atom stereocenters. The summed E-state index contributed by atoms with van der Waals surface area (Å²) in [5, 5.41) is 2.92. The molecule has 5 nitrogen and oxygen atoms in total. The number of rotatable bonds is 5. The summed E-state index contributed by atoms with van der Waals surface area (Å²) in [5.74, 6) is -0.633. The minimum absolute atomic E-state index is 0.0538. The summed E-state index contributed by atoms with van der Waals surface area (Å²) in [6, 6.07) is 20.2. The Labute approximate surface area is 246 Å². The molecule has 0 saturated heterocycles. The van der Waals surface area contributed by atoms with Crippen LogP contribution in [-0.2, 0) is 22.8 Å². The Balaban J connectivity index is 1.42. The van der Waals surface area contributed by atoms with Gasteiger partial charge in [0.1, 0.15) is 0 Å². The maximum absolute atomic E-state index is 14.6. The summed E-state index contributed by atoms with van der Waals surface area (Å²) in [4.78, 5) is 32.6. The summed E-state index contributed by atoms with van der Waals surface area (Å²) in [6.07, 6.45) is 1.38. The fraction of sp³-hybridized carbons (Fsp3) is 0.303. The van der Waals surface area contributed by atoms with Crippen LogP contribution in [0.2, 0.25) is 0 Å². The van der Waals surface area contributed by atoms with E-state index in [1.54, 1.807) is 4.57 Å². The van der Waals surface area contributed by atoms with Crippen molar-refractivity contribution in [3.8, 4) is 16.9 Å². The van der Waals surface area contributed by atoms with Crippen LogP contribution in [0.25, 0.3) is 16.9 Å². The topological polar surface area (TPSA) is 64.0 Å². The molecular formula is C33H30F3N3O2S. The number of carbonyl (C=O) groups is 1. The molecule has 216 valence electrons. The molecule has 1 amide bonds. The highest BCUT2D eigenvalue weighted by Crippen LogP contribution is 2.49. The number of amides is 1. The smallest absolute Gasteiger partial charge is 0.325 e. The van der Waals surface area contributed by atoms with Crippen molar-refractivity contribution >= 4 is 23.4 Å². The van der Waals surface area contributed by atoms with Crippen LogP contribution in [-0.4, -0.2) is 21.2 Å². The molecule has 6 rings (SSSR count). The Morgan fingerprint density at radius 3 is 2.52 bits per heavy atom. The largest absolute Gasteiger partial charge is 0.416 e. The summed E-state index contributed by atoms with van der Waals surface area (Å²) in [5.41, 5.74) is 3.98. The molecule has 1 aromatic heterocycles. The Morgan fingerprint density at radius 1 is 1.00 bits per heavy atom. The van der Waals surface area contributed by atoms with Crippen LogP contribution >= 0.6 is 11.8 Å². The number of halogens is 3. The second-order valence-corrected chi connectivity index (χ2v) is 12.1. The minimum Gasteiger partial charge on any atom is -0.325 e. The molecular weight excluding hydrogens is 559 g/mol. The van der Waals surface area contributed by atoms with Crippen LogP contribution in [0.5, 0.6) is 0 Å². The van der Waals surface area contributed by atoms with Gasteiger partial charge in [-0.05, 0) is 67.6 Å². The standard InChI is InChI=1S/C33H30F3N3O2S/c1-21-9-7-13-25(17-21)39-30(41)28-29(26-14-4-3-10-22(26)19-32(28)15-5-2-6-16-32)38-31(39)42-20-27(40)37-24-12-8-11-23(18-24)33(34,35)36/h3-4,7-14,17-18H,2,5-6,15-16,19-20H2,1H3,(H,37,40). The number of hydrogen-bond donors (Lipinski definition) is 1. The van der Waals surface area contributed by atoms with Gasteiger partial charge in [0.25, 0.3) is 5.56 Å². The van der Waals surface area contributed by atoms with Crippen LogP contribution in [0.15, 0.2) is 82.7 Å². The molecule has 2 aliphatic rings. The Bertz CT molecular complexity index is 1720. The number of alkyl halides is 3. The van der Waals surface area contributed by atoms with Crippen LogP contribution in [0.4, 0.5) is 18.9 Å². The van der Waals surface area contributed by atoms with Crippen molar-refractivity contribution in [1.82, 2.24) is 9.55 Å². The average molecular weight is 590 g/mol. The van der Waals surface area contributed by atoms with Crippen molar-refractivity contribution in [1.29, 1.82) is 0 Å². The molecule has 0 aliphatic heterocycles.